The summed E-state index contributed by atoms with van der Waals surface area (Å²) in [4.78, 5) is 0. The van der Waals surface area contributed by atoms with Crippen LogP contribution in [-0.4, -0.2) is 16.3 Å². The van der Waals surface area contributed by atoms with Crippen LogP contribution in [0.1, 0.15) is 11.5 Å². The summed E-state index contributed by atoms with van der Waals surface area (Å²) in [5.74, 6) is 1.59. The lowest BCUT2D eigenvalue weighted by atomic mass is 9.98. The van der Waals surface area contributed by atoms with E-state index in [-0.39, 0.29) is 0 Å². The first-order valence-electron chi connectivity index (χ1n) is 7.32. The zero-order valence-corrected chi connectivity index (χ0v) is 11.7. The highest BCUT2D eigenvalue weighted by Gasteiger charge is 2.21. The van der Waals surface area contributed by atoms with Crippen molar-refractivity contribution in [3.05, 3.63) is 72.3 Å². The predicted octanol–water partition coefficient (Wildman–Crippen LogP) is 3.76. The molecule has 1 unspecified atom stereocenters. The fourth-order valence-electron chi connectivity index (χ4n) is 2.90. The largest absolute Gasteiger partial charge is 0.370 e. The summed E-state index contributed by atoms with van der Waals surface area (Å²) in [7, 11) is 0. The number of hydrogen-bond acceptors (Lipinski definition) is 2. The lowest BCUT2D eigenvalue weighted by Gasteiger charge is -2.25. The van der Waals surface area contributed by atoms with Gasteiger partial charge in [-0.2, -0.15) is 5.10 Å². The zero-order chi connectivity index (χ0) is 14.1. The molecule has 0 saturated heterocycles. The number of aromatic nitrogens is 2. The van der Waals surface area contributed by atoms with Crippen LogP contribution in [0.4, 0.5) is 5.82 Å². The Morgan fingerprint density at radius 3 is 2.43 bits per heavy atom. The van der Waals surface area contributed by atoms with Gasteiger partial charge < -0.3 is 5.32 Å². The number of rotatable bonds is 2. The number of anilines is 1. The van der Waals surface area contributed by atoms with Crippen molar-refractivity contribution in [2.45, 2.75) is 12.5 Å². The van der Waals surface area contributed by atoms with Crippen molar-refractivity contribution in [3.8, 4) is 11.3 Å². The Morgan fingerprint density at radius 1 is 0.952 bits per heavy atom. The van der Waals surface area contributed by atoms with E-state index in [4.69, 9.17) is 5.10 Å². The Morgan fingerprint density at radius 2 is 1.67 bits per heavy atom. The summed E-state index contributed by atoms with van der Waals surface area (Å²) in [6.45, 7) is 1.89. The second-order valence-corrected chi connectivity index (χ2v) is 5.45. The van der Waals surface area contributed by atoms with E-state index in [1.165, 1.54) is 5.56 Å². The van der Waals surface area contributed by atoms with Crippen molar-refractivity contribution in [2.75, 3.05) is 11.9 Å². The minimum Gasteiger partial charge on any atom is -0.370 e. The number of benzene rings is 2. The first kappa shape index (κ1) is 12.2. The van der Waals surface area contributed by atoms with Gasteiger partial charge in [-0.25, -0.2) is 4.68 Å². The first-order valence-corrected chi connectivity index (χ1v) is 7.32. The first-order chi connectivity index (χ1) is 10.4. The SMILES string of the molecule is c1ccc(-c2cc3n(n2)CC(c2ccccc2)CN3)cc1. The van der Waals surface area contributed by atoms with Gasteiger partial charge in [0.25, 0.3) is 0 Å². The maximum absolute atomic E-state index is 4.75. The van der Waals surface area contributed by atoms with E-state index in [0.29, 0.717) is 5.92 Å². The van der Waals surface area contributed by atoms with Crippen LogP contribution in [0.5, 0.6) is 0 Å². The molecule has 0 saturated carbocycles. The van der Waals surface area contributed by atoms with Gasteiger partial charge in [0, 0.05) is 24.1 Å². The van der Waals surface area contributed by atoms with Crippen LogP contribution in [0.3, 0.4) is 0 Å². The molecular formula is C18H17N3. The van der Waals surface area contributed by atoms with Crippen molar-refractivity contribution < 1.29 is 0 Å². The van der Waals surface area contributed by atoms with E-state index in [0.717, 1.165) is 30.2 Å². The van der Waals surface area contributed by atoms with Crippen molar-refractivity contribution in [1.82, 2.24) is 9.78 Å². The molecule has 2 aromatic carbocycles. The molecule has 2 heterocycles. The third kappa shape index (κ3) is 2.31. The molecule has 0 fully saturated rings. The van der Waals surface area contributed by atoms with Crippen molar-refractivity contribution >= 4 is 5.82 Å². The van der Waals surface area contributed by atoms with E-state index < -0.39 is 0 Å². The van der Waals surface area contributed by atoms with Gasteiger partial charge in [0.2, 0.25) is 0 Å². The molecular weight excluding hydrogens is 258 g/mol. The Bertz CT molecular complexity index is 732. The van der Waals surface area contributed by atoms with Crippen LogP contribution >= 0.6 is 0 Å². The number of hydrogen-bond donors (Lipinski definition) is 1. The van der Waals surface area contributed by atoms with Gasteiger partial charge in [-0.15, -0.1) is 0 Å². The summed E-state index contributed by atoms with van der Waals surface area (Å²) in [6, 6.07) is 23.1. The van der Waals surface area contributed by atoms with Crippen molar-refractivity contribution in [2.24, 2.45) is 0 Å². The molecule has 0 bridgehead atoms. The monoisotopic (exact) mass is 275 g/mol. The van der Waals surface area contributed by atoms with Crippen LogP contribution in [0, 0.1) is 0 Å². The van der Waals surface area contributed by atoms with E-state index in [2.05, 4.69) is 58.5 Å². The summed E-state index contributed by atoms with van der Waals surface area (Å²) in [6.07, 6.45) is 0. The molecule has 3 heteroatoms. The van der Waals surface area contributed by atoms with Gasteiger partial charge >= 0.3 is 0 Å². The van der Waals surface area contributed by atoms with Crippen LogP contribution in [0.15, 0.2) is 66.7 Å². The fraction of sp³-hybridized carbons (Fsp3) is 0.167. The normalized spacial score (nSPS) is 17.0. The zero-order valence-electron chi connectivity index (χ0n) is 11.7. The average molecular weight is 275 g/mol. The van der Waals surface area contributed by atoms with Gasteiger partial charge in [-0.3, -0.25) is 0 Å². The molecule has 1 aliphatic heterocycles. The van der Waals surface area contributed by atoms with Crippen LogP contribution in [0.2, 0.25) is 0 Å². The van der Waals surface area contributed by atoms with Crippen molar-refractivity contribution in [1.29, 1.82) is 0 Å². The van der Waals surface area contributed by atoms with Crippen LogP contribution in [-0.2, 0) is 6.54 Å². The molecule has 0 aliphatic carbocycles. The molecule has 1 N–H and O–H groups in total. The highest BCUT2D eigenvalue weighted by atomic mass is 15.3. The molecule has 1 aliphatic rings. The van der Waals surface area contributed by atoms with Gasteiger partial charge in [-0.05, 0) is 5.56 Å². The minimum atomic E-state index is 0.474. The topological polar surface area (TPSA) is 29.9 Å². The second kappa shape index (κ2) is 5.09. The van der Waals surface area contributed by atoms with Crippen LogP contribution in [0.25, 0.3) is 11.3 Å². The third-order valence-electron chi connectivity index (χ3n) is 4.04. The molecule has 21 heavy (non-hydrogen) atoms. The summed E-state index contributed by atoms with van der Waals surface area (Å²) in [5.41, 5.74) is 3.57. The molecule has 3 nitrogen and oxygen atoms in total. The van der Waals surface area contributed by atoms with Gasteiger partial charge in [0.15, 0.2) is 0 Å². The molecule has 0 amide bonds. The lowest BCUT2D eigenvalue weighted by molar-refractivity contribution is 0.506. The Balaban J connectivity index is 1.63. The van der Waals surface area contributed by atoms with E-state index in [1.807, 2.05) is 18.2 Å². The van der Waals surface area contributed by atoms with E-state index in [9.17, 15) is 0 Å². The molecule has 3 aromatic rings. The Kier molecular flexibility index (Phi) is 2.96. The quantitative estimate of drug-likeness (QED) is 0.771. The highest BCUT2D eigenvalue weighted by molar-refractivity contribution is 5.63. The summed E-state index contributed by atoms with van der Waals surface area (Å²) >= 11 is 0. The van der Waals surface area contributed by atoms with Crippen LogP contribution < -0.4 is 5.32 Å². The van der Waals surface area contributed by atoms with E-state index in [1.54, 1.807) is 0 Å². The molecule has 4 rings (SSSR count). The van der Waals surface area contributed by atoms with Gasteiger partial charge in [0.05, 0.1) is 12.2 Å². The third-order valence-corrected chi connectivity index (χ3v) is 4.04. The molecule has 104 valence electrons. The molecule has 1 atom stereocenters. The lowest BCUT2D eigenvalue weighted by Crippen LogP contribution is -2.26. The maximum atomic E-state index is 4.75. The van der Waals surface area contributed by atoms with Gasteiger partial charge in [0.1, 0.15) is 5.82 Å². The Labute approximate surface area is 124 Å². The van der Waals surface area contributed by atoms with Crippen molar-refractivity contribution in [3.63, 3.8) is 0 Å². The average Bonchev–Trinajstić information content (AvgIpc) is 2.99. The standard InChI is InChI=1S/C18H17N3/c1-3-7-14(8-4-1)16-12-19-18-11-17(20-21(18)13-16)15-9-5-2-6-10-15/h1-11,16,19H,12-13H2. The smallest absolute Gasteiger partial charge is 0.124 e. The molecule has 1 aromatic heterocycles. The van der Waals surface area contributed by atoms with E-state index >= 15 is 0 Å². The highest BCUT2D eigenvalue weighted by Crippen LogP contribution is 2.28. The maximum Gasteiger partial charge on any atom is 0.124 e. The number of nitrogens with one attached hydrogen (secondary N) is 1. The second-order valence-electron chi connectivity index (χ2n) is 5.45. The molecule has 0 spiro atoms. The number of nitrogens with zero attached hydrogens (tertiary/aromatic N) is 2. The Hall–Kier alpha value is -2.55. The predicted molar refractivity (Wildman–Crippen MR) is 85.3 cm³/mol. The van der Waals surface area contributed by atoms with Gasteiger partial charge in [-0.1, -0.05) is 60.7 Å². The minimum absolute atomic E-state index is 0.474. The molecule has 0 radical (unpaired) electrons. The summed E-state index contributed by atoms with van der Waals surface area (Å²) in [5, 5.41) is 8.25. The fourth-order valence-corrected chi connectivity index (χ4v) is 2.90. The number of fused-ring (bicyclic) bond motifs is 1. The summed E-state index contributed by atoms with van der Waals surface area (Å²) < 4.78 is 2.09.